The Kier molecular flexibility index (Phi) is 4.51. The van der Waals surface area contributed by atoms with Crippen LogP contribution in [0.1, 0.15) is 11.1 Å². The molecule has 0 unspecified atom stereocenters. The van der Waals surface area contributed by atoms with Gasteiger partial charge in [-0.05, 0) is 43.2 Å². The van der Waals surface area contributed by atoms with Gasteiger partial charge in [-0.3, -0.25) is 10.1 Å². The Hall–Kier alpha value is -3.55. The fourth-order valence-corrected chi connectivity index (χ4v) is 2.32. The smallest absolute Gasteiger partial charge is 0.334 e. The lowest BCUT2D eigenvalue weighted by Gasteiger charge is -2.11. The van der Waals surface area contributed by atoms with Crippen molar-refractivity contribution in [2.75, 3.05) is 10.6 Å². The van der Waals surface area contributed by atoms with Gasteiger partial charge in [0.1, 0.15) is 12.1 Å². The van der Waals surface area contributed by atoms with Crippen molar-refractivity contribution in [3.05, 3.63) is 70.2 Å². The number of hydrogen-bond acceptors (Lipinski definition) is 7. The summed E-state index contributed by atoms with van der Waals surface area (Å²) >= 11 is 0. The van der Waals surface area contributed by atoms with Gasteiger partial charge in [-0.1, -0.05) is 18.2 Å². The Morgan fingerprint density at radius 1 is 0.960 bits per heavy atom. The molecule has 0 aliphatic rings. The Morgan fingerprint density at radius 3 is 2.40 bits per heavy atom. The molecule has 8 heteroatoms. The van der Waals surface area contributed by atoms with E-state index in [2.05, 4.69) is 25.6 Å². The SMILES string of the molecule is Cc1cccc(Nc2ncnc(Nc3ncccc3C)c2[N+](=O)[O-])c1. The van der Waals surface area contributed by atoms with Gasteiger partial charge in [0, 0.05) is 11.9 Å². The molecule has 2 aromatic heterocycles. The number of anilines is 4. The predicted molar refractivity (Wildman–Crippen MR) is 95.4 cm³/mol. The van der Waals surface area contributed by atoms with Crippen LogP contribution in [-0.2, 0) is 0 Å². The third-order valence-corrected chi connectivity index (χ3v) is 3.53. The normalized spacial score (nSPS) is 10.3. The molecule has 25 heavy (non-hydrogen) atoms. The highest BCUT2D eigenvalue weighted by atomic mass is 16.6. The van der Waals surface area contributed by atoms with Crippen molar-refractivity contribution in [2.45, 2.75) is 13.8 Å². The molecule has 2 N–H and O–H groups in total. The highest BCUT2D eigenvalue weighted by molar-refractivity contribution is 5.76. The molecule has 0 atom stereocenters. The van der Waals surface area contributed by atoms with E-state index >= 15 is 0 Å². The minimum absolute atomic E-state index is 0.0805. The van der Waals surface area contributed by atoms with E-state index in [9.17, 15) is 10.1 Å². The number of nitrogens with one attached hydrogen (secondary N) is 2. The molecule has 0 amide bonds. The lowest BCUT2D eigenvalue weighted by molar-refractivity contribution is -0.383. The van der Waals surface area contributed by atoms with Crippen LogP contribution in [-0.4, -0.2) is 19.9 Å². The van der Waals surface area contributed by atoms with Crippen molar-refractivity contribution in [3.63, 3.8) is 0 Å². The van der Waals surface area contributed by atoms with Gasteiger partial charge in [-0.15, -0.1) is 0 Å². The summed E-state index contributed by atoms with van der Waals surface area (Å²) in [5.41, 5.74) is 2.35. The maximum Gasteiger partial charge on any atom is 0.353 e. The fourth-order valence-electron chi connectivity index (χ4n) is 2.32. The highest BCUT2D eigenvalue weighted by Gasteiger charge is 2.24. The van der Waals surface area contributed by atoms with Gasteiger partial charge in [-0.2, -0.15) is 0 Å². The van der Waals surface area contributed by atoms with Crippen LogP contribution < -0.4 is 10.6 Å². The second-order valence-electron chi connectivity index (χ2n) is 5.46. The average Bonchev–Trinajstić information content (AvgIpc) is 2.57. The number of nitrogens with zero attached hydrogens (tertiary/aromatic N) is 4. The molecule has 0 spiro atoms. The van der Waals surface area contributed by atoms with Crippen LogP contribution in [0.3, 0.4) is 0 Å². The van der Waals surface area contributed by atoms with E-state index < -0.39 is 4.92 Å². The maximum absolute atomic E-state index is 11.6. The van der Waals surface area contributed by atoms with Crippen molar-refractivity contribution in [1.82, 2.24) is 15.0 Å². The first-order chi connectivity index (χ1) is 12.0. The third-order valence-electron chi connectivity index (χ3n) is 3.53. The molecular weight excluding hydrogens is 320 g/mol. The molecule has 0 fully saturated rings. The molecule has 0 aliphatic carbocycles. The quantitative estimate of drug-likeness (QED) is 0.538. The fraction of sp³-hybridized carbons (Fsp3) is 0.118. The molecule has 0 radical (unpaired) electrons. The lowest BCUT2D eigenvalue weighted by atomic mass is 10.2. The monoisotopic (exact) mass is 336 g/mol. The van der Waals surface area contributed by atoms with Crippen molar-refractivity contribution in [2.24, 2.45) is 0 Å². The minimum atomic E-state index is -0.515. The second kappa shape index (κ2) is 6.91. The summed E-state index contributed by atoms with van der Waals surface area (Å²) in [6, 6.07) is 11.1. The van der Waals surface area contributed by atoms with Crippen LogP contribution in [0.2, 0.25) is 0 Å². The highest BCUT2D eigenvalue weighted by Crippen LogP contribution is 2.33. The van der Waals surface area contributed by atoms with Crippen LogP contribution in [0.4, 0.5) is 28.8 Å². The van der Waals surface area contributed by atoms with Crippen LogP contribution in [0.5, 0.6) is 0 Å². The molecule has 0 saturated heterocycles. The van der Waals surface area contributed by atoms with Gasteiger partial charge in [0.15, 0.2) is 0 Å². The molecule has 3 aromatic rings. The van der Waals surface area contributed by atoms with E-state index in [-0.39, 0.29) is 17.3 Å². The summed E-state index contributed by atoms with van der Waals surface area (Å²) in [6.07, 6.45) is 2.88. The lowest BCUT2D eigenvalue weighted by Crippen LogP contribution is -2.06. The maximum atomic E-state index is 11.6. The topological polar surface area (TPSA) is 106 Å². The number of benzene rings is 1. The van der Waals surface area contributed by atoms with Crippen molar-refractivity contribution >= 4 is 28.8 Å². The van der Waals surface area contributed by atoms with Gasteiger partial charge in [-0.25, -0.2) is 15.0 Å². The summed E-state index contributed by atoms with van der Waals surface area (Å²) in [7, 11) is 0. The van der Waals surface area contributed by atoms with Crippen LogP contribution in [0.25, 0.3) is 0 Å². The van der Waals surface area contributed by atoms with Crippen LogP contribution in [0, 0.1) is 24.0 Å². The van der Waals surface area contributed by atoms with E-state index in [1.54, 1.807) is 12.3 Å². The number of hydrogen-bond donors (Lipinski definition) is 2. The van der Waals surface area contributed by atoms with Crippen LogP contribution in [0.15, 0.2) is 48.9 Å². The average molecular weight is 336 g/mol. The molecule has 1 aromatic carbocycles. The second-order valence-corrected chi connectivity index (χ2v) is 5.46. The van der Waals surface area contributed by atoms with E-state index in [1.807, 2.05) is 44.2 Å². The molecule has 8 nitrogen and oxygen atoms in total. The van der Waals surface area contributed by atoms with Gasteiger partial charge in [0.05, 0.1) is 4.92 Å². The van der Waals surface area contributed by atoms with Gasteiger partial charge < -0.3 is 10.6 Å². The predicted octanol–water partition coefficient (Wildman–Crippen LogP) is 3.88. The van der Waals surface area contributed by atoms with Gasteiger partial charge in [0.25, 0.3) is 0 Å². The van der Waals surface area contributed by atoms with Crippen molar-refractivity contribution in [1.29, 1.82) is 0 Å². The number of aryl methyl sites for hydroxylation is 2. The summed E-state index contributed by atoms with van der Waals surface area (Å²) in [6.45, 7) is 3.80. The number of rotatable bonds is 5. The minimum Gasteiger partial charge on any atom is -0.334 e. The summed E-state index contributed by atoms with van der Waals surface area (Å²) < 4.78 is 0. The summed E-state index contributed by atoms with van der Waals surface area (Å²) in [5.74, 6) is 0.699. The first-order valence-electron chi connectivity index (χ1n) is 7.56. The Labute approximate surface area is 144 Å². The molecule has 0 saturated carbocycles. The van der Waals surface area contributed by atoms with E-state index in [0.29, 0.717) is 11.5 Å². The molecule has 126 valence electrons. The molecule has 0 aliphatic heterocycles. The summed E-state index contributed by atoms with van der Waals surface area (Å²) in [4.78, 5) is 23.3. The van der Waals surface area contributed by atoms with E-state index in [1.165, 1.54) is 6.33 Å². The number of nitro groups is 1. The summed E-state index contributed by atoms with van der Waals surface area (Å²) in [5, 5.41) is 17.5. The van der Waals surface area contributed by atoms with E-state index in [0.717, 1.165) is 11.1 Å². The van der Waals surface area contributed by atoms with Gasteiger partial charge in [0.2, 0.25) is 11.6 Å². The Morgan fingerprint density at radius 2 is 1.72 bits per heavy atom. The number of pyridine rings is 1. The van der Waals surface area contributed by atoms with E-state index in [4.69, 9.17) is 0 Å². The zero-order valence-electron chi connectivity index (χ0n) is 13.7. The van der Waals surface area contributed by atoms with Crippen LogP contribution >= 0.6 is 0 Å². The first kappa shape index (κ1) is 16.3. The molecule has 3 rings (SSSR count). The molecular formula is C17H16N6O2. The van der Waals surface area contributed by atoms with Crippen molar-refractivity contribution < 1.29 is 4.92 Å². The molecule has 2 heterocycles. The largest absolute Gasteiger partial charge is 0.353 e. The third kappa shape index (κ3) is 3.69. The zero-order valence-corrected chi connectivity index (χ0v) is 13.7. The Bertz CT molecular complexity index is 929. The van der Waals surface area contributed by atoms with Gasteiger partial charge >= 0.3 is 5.69 Å². The first-order valence-corrected chi connectivity index (χ1v) is 7.56. The number of aromatic nitrogens is 3. The van der Waals surface area contributed by atoms with Crippen molar-refractivity contribution in [3.8, 4) is 0 Å². The standard InChI is InChI=1S/C17H16N6O2/c1-11-5-3-7-13(9-11)21-16-14(23(24)25)17(20-10-19-16)22-15-12(2)6-4-8-18-15/h3-10H,1-2H3,(H2,18,19,20,21,22). The zero-order chi connectivity index (χ0) is 17.8. The Balaban J connectivity index is 2.00. The molecule has 0 bridgehead atoms.